The van der Waals surface area contributed by atoms with E-state index in [-0.39, 0.29) is 26.7 Å². The number of anilines is 2. The summed E-state index contributed by atoms with van der Waals surface area (Å²) in [5.74, 6) is 0. The van der Waals surface area contributed by atoms with Crippen LogP contribution in [-0.4, -0.2) is 31.9 Å². The quantitative estimate of drug-likeness (QED) is 0.765. The third kappa shape index (κ3) is 4.03. The number of nitrogen functional groups attached to an aromatic ring is 1. The first-order chi connectivity index (χ1) is 11.9. The molecule has 1 fully saturated rings. The summed E-state index contributed by atoms with van der Waals surface area (Å²) in [6.07, 6.45) is 1.68. The Morgan fingerprint density at radius 2 is 1.76 bits per heavy atom. The van der Waals surface area contributed by atoms with Crippen LogP contribution >= 0.6 is 23.2 Å². The average molecular weight is 400 g/mol. The summed E-state index contributed by atoms with van der Waals surface area (Å²) in [6.45, 7) is 0.853. The number of nitrogens with zero attached hydrogens (tertiary/aromatic N) is 1. The zero-order valence-electron chi connectivity index (χ0n) is 13.5. The van der Waals surface area contributed by atoms with E-state index in [2.05, 4.69) is 5.32 Å². The van der Waals surface area contributed by atoms with E-state index in [1.165, 1.54) is 16.4 Å². The van der Waals surface area contributed by atoms with E-state index in [0.29, 0.717) is 13.1 Å². The van der Waals surface area contributed by atoms with Crippen molar-refractivity contribution in [2.45, 2.75) is 23.8 Å². The normalized spacial score (nSPS) is 18.9. The molecule has 5 nitrogen and oxygen atoms in total. The van der Waals surface area contributed by atoms with Crippen LogP contribution in [0.4, 0.5) is 11.4 Å². The molecule has 3 N–H and O–H groups in total. The molecular formula is C17H19Cl2N3O2S. The van der Waals surface area contributed by atoms with Gasteiger partial charge >= 0.3 is 0 Å². The molecule has 0 aromatic heterocycles. The van der Waals surface area contributed by atoms with Crippen molar-refractivity contribution < 1.29 is 8.42 Å². The van der Waals surface area contributed by atoms with Gasteiger partial charge in [0.05, 0.1) is 20.6 Å². The largest absolute Gasteiger partial charge is 0.396 e. The van der Waals surface area contributed by atoms with Gasteiger partial charge in [-0.3, -0.25) is 0 Å². The molecule has 25 heavy (non-hydrogen) atoms. The minimum atomic E-state index is -3.68. The molecule has 1 heterocycles. The van der Waals surface area contributed by atoms with Crippen LogP contribution in [0.5, 0.6) is 0 Å². The number of halogens is 2. The lowest BCUT2D eigenvalue weighted by Crippen LogP contribution is -2.45. The molecule has 1 atom stereocenters. The fourth-order valence-electron chi connectivity index (χ4n) is 2.91. The number of sulfonamides is 1. The maximum Gasteiger partial charge on any atom is 0.243 e. The number of hydrogen-bond acceptors (Lipinski definition) is 4. The first-order valence-electron chi connectivity index (χ1n) is 7.94. The van der Waals surface area contributed by atoms with E-state index in [9.17, 15) is 8.42 Å². The predicted octanol–water partition coefficient (Wildman–Crippen LogP) is 3.84. The van der Waals surface area contributed by atoms with Crippen molar-refractivity contribution in [1.29, 1.82) is 0 Å². The maximum absolute atomic E-state index is 12.9. The van der Waals surface area contributed by atoms with E-state index >= 15 is 0 Å². The molecule has 0 saturated carbocycles. The molecule has 0 bridgehead atoms. The highest BCUT2D eigenvalue weighted by Crippen LogP contribution is 2.32. The number of nitrogens with one attached hydrogen (secondary N) is 1. The van der Waals surface area contributed by atoms with Crippen LogP contribution in [0.15, 0.2) is 47.4 Å². The van der Waals surface area contributed by atoms with Crippen molar-refractivity contribution in [1.82, 2.24) is 4.31 Å². The molecule has 8 heteroatoms. The van der Waals surface area contributed by atoms with Crippen LogP contribution in [0, 0.1) is 0 Å². The molecule has 1 saturated heterocycles. The van der Waals surface area contributed by atoms with Gasteiger partial charge < -0.3 is 11.1 Å². The summed E-state index contributed by atoms with van der Waals surface area (Å²) in [6, 6.07) is 12.5. The highest BCUT2D eigenvalue weighted by Gasteiger charge is 2.31. The SMILES string of the molecule is Nc1c(Cl)cc(S(=O)(=O)N2CCC[C@H](Nc3ccccc3)C2)cc1Cl. The van der Waals surface area contributed by atoms with Gasteiger partial charge in [0.15, 0.2) is 0 Å². The van der Waals surface area contributed by atoms with Crippen LogP contribution in [0.2, 0.25) is 10.0 Å². The van der Waals surface area contributed by atoms with Crippen molar-refractivity contribution in [2.75, 3.05) is 24.1 Å². The van der Waals surface area contributed by atoms with Gasteiger partial charge in [0.2, 0.25) is 10.0 Å². The summed E-state index contributed by atoms with van der Waals surface area (Å²) < 4.78 is 27.3. The molecule has 2 aromatic rings. The first kappa shape index (κ1) is 18.3. The first-order valence-corrected chi connectivity index (χ1v) is 10.1. The summed E-state index contributed by atoms with van der Waals surface area (Å²) >= 11 is 12.0. The predicted molar refractivity (Wildman–Crippen MR) is 103 cm³/mol. The molecule has 1 aliphatic heterocycles. The smallest absolute Gasteiger partial charge is 0.243 e. The molecule has 0 radical (unpaired) electrons. The number of rotatable bonds is 4. The highest BCUT2D eigenvalue weighted by atomic mass is 35.5. The Labute approximate surface area is 157 Å². The Hall–Kier alpha value is -1.47. The molecule has 134 valence electrons. The van der Waals surface area contributed by atoms with Gasteiger partial charge in [0, 0.05) is 24.8 Å². The number of nitrogens with two attached hydrogens (primary N) is 1. The summed E-state index contributed by atoms with van der Waals surface area (Å²) in [7, 11) is -3.68. The summed E-state index contributed by atoms with van der Waals surface area (Å²) in [5.41, 5.74) is 6.86. The third-order valence-electron chi connectivity index (χ3n) is 4.22. The van der Waals surface area contributed by atoms with E-state index in [1.54, 1.807) is 0 Å². The van der Waals surface area contributed by atoms with Crippen molar-refractivity contribution in [3.8, 4) is 0 Å². The fourth-order valence-corrected chi connectivity index (χ4v) is 5.10. The minimum absolute atomic E-state index is 0.0469. The summed E-state index contributed by atoms with van der Waals surface area (Å²) in [4.78, 5) is 0.0667. The fraction of sp³-hybridized carbons (Fsp3) is 0.294. The molecule has 0 amide bonds. The average Bonchev–Trinajstić information content (AvgIpc) is 2.60. The second kappa shape index (κ2) is 7.41. The Morgan fingerprint density at radius 1 is 1.12 bits per heavy atom. The van der Waals surface area contributed by atoms with Gasteiger partial charge in [-0.1, -0.05) is 41.4 Å². The van der Waals surface area contributed by atoms with Crippen molar-refractivity contribution >= 4 is 44.6 Å². The van der Waals surface area contributed by atoms with Gasteiger partial charge in [-0.2, -0.15) is 4.31 Å². The molecule has 1 aliphatic rings. The van der Waals surface area contributed by atoms with Crippen molar-refractivity contribution in [3.05, 3.63) is 52.5 Å². The number of piperidine rings is 1. The Morgan fingerprint density at radius 3 is 2.40 bits per heavy atom. The number of para-hydroxylation sites is 1. The van der Waals surface area contributed by atoms with Gasteiger partial charge in [-0.05, 0) is 37.1 Å². The molecule has 0 unspecified atom stereocenters. The molecule has 0 spiro atoms. The van der Waals surface area contributed by atoms with Crippen molar-refractivity contribution in [3.63, 3.8) is 0 Å². The van der Waals surface area contributed by atoms with Crippen LogP contribution in [-0.2, 0) is 10.0 Å². The third-order valence-corrected chi connectivity index (χ3v) is 6.69. The highest BCUT2D eigenvalue weighted by molar-refractivity contribution is 7.89. The molecular weight excluding hydrogens is 381 g/mol. The van der Waals surface area contributed by atoms with Crippen LogP contribution in [0.25, 0.3) is 0 Å². The lowest BCUT2D eigenvalue weighted by molar-refractivity contribution is 0.327. The van der Waals surface area contributed by atoms with E-state index in [0.717, 1.165) is 18.5 Å². The molecule has 0 aliphatic carbocycles. The molecule has 2 aromatic carbocycles. The zero-order chi connectivity index (χ0) is 18.0. The monoisotopic (exact) mass is 399 g/mol. The van der Waals surface area contributed by atoms with Crippen molar-refractivity contribution in [2.24, 2.45) is 0 Å². The van der Waals surface area contributed by atoms with Crippen LogP contribution < -0.4 is 11.1 Å². The second-order valence-corrected chi connectivity index (χ2v) is 8.77. The lowest BCUT2D eigenvalue weighted by Gasteiger charge is -2.33. The second-order valence-electron chi connectivity index (χ2n) is 6.01. The van der Waals surface area contributed by atoms with Gasteiger partial charge in [-0.25, -0.2) is 8.42 Å². The Kier molecular flexibility index (Phi) is 5.43. The maximum atomic E-state index is 12.9. The van der Waals surface area contributed by atoms with Gasteiger partial charge in [0.1, 0.15) is 0 Å². The summed E-state index contributed by atoms with van der Waals surface area (Å²) in [5, 5.41) is 3.67. The van der Waals surface area contributed by atoms with E-state index < -0.39 is 10.0 Å². The van der Waals surface area contributed by atoms with E-state index in [4.69, 9.17) is 28.9 Å². The zero-order valence-corrected chi connectivity index (χ0v) is 15.8. The van der Waals surface area contributed by atoms with Crippen LogP contribution in [0.1, 0.15) is 12.8 Å². The van der Waals surface area contributed by atoms with Crippen LogP contribution in [0.3, 0.4) is 0 Å². The number of hydrogen-bond donors (Lipinski definition) is 2. The topological polar surface area (TPSA) is 75.4 Å². The van der Waals surface area contributed by atoms with Gasteiger partial charge in [-0.15, -0.1) is 0 Å². The molecule has 3 rings (SSSR count). The Balaban J connectivity index is 1.80. The minimum Gasteiger partial charge on any atom is -0.396 e. The number of benzene rings is 2. The lowest BCUT2D eigenvalue weighted by atomic mass is 10.1. The van der Waals surface area contributed by atoms with Gasteiger partial charge in [0.25, 0.3) is 0 Å². The standard InChI is InChI=1S/C17H19Cl2N3O2S/c18-15-9-14(10-16(19)17(15)20)25(23,24)22-8-4-7-13(11-22)21-12-5-2-1-3-6-12/h1-3,5-6,9-10,13,21H,4,7-8,11,20H2/t13-/m0/s1. The Bertz CT molecular complexity index is 836. The van der Waals surface area contributed by atoms with E-state index in [1.807, 2.05) is 30.3 Å².